The minimum absolute atomic E-state index is 0.00734. The smallest absolute Gasteiger partial charge is 0.241 e. The zero-order valence-electron chi connectivity index (χ0n) is 11.0. The monoisotopic (exact) mass is 313 g/mol. The second-order valence-electron chi connectivity index (χ2n) is 4.37. The lowest BCUT2D eigenvalue weighted by molar-refractivity contribution is 0.477. The summed E-state index contributed by atoms with van der Waals surface area (Å²) in [5.41, 5.74) is 5.53. The second kappa shape index (κ2) is 5.39. The van der Waals surface area contributed by atoms with Gasteiger partial charge in [-0.05, 0) is 32.0 Å². The van der Waals surface area contributed by atoms with Crippen molar-refractivity contribution in [3.63, 3.8) is 0 Å². The third-order valence-electron chi connectivity index (χ3n) is 2.65. The number of nitrogen functional groups attached to an aromatic ring is 1. The first kappa shape index (κ1) is 14.8. The molecule has 0 amide bonds. The standard InChI is InChI=1S/C12H15N3O3S2/c1-7-6-14-12(19-7)8(2)15-20(17,18)9-3-4-11(16)10(13)5-9/h3-6,8,15-16H,13H2,1-2H3. The van der Waals surface area contributed by atoms with Crippen molar-refractivity contribution in [3.05, 3.63) is 34.3 Å². The maximum atomic E-state index is 12.2. The van der Waals surface area contributed by atoms with Gasteiger partial charge < -0.3 is 10.8 Å². The fourth-order valence-corrected chi connectivity index (χ4v) is 3.72. The molecule has 20 heavy (non-hydrogen) atoms. The molecular weight excluding hydrogens is 298 g/mol. The highest BCUT2D eigenvalue weighted by atomic mass is 32.2. The molecular formula is C12H15N3O3S2. The topological polar surface area (TPSA) is 105 Å². The number of nitrogens with zero attached hydrogens (tertiary/aromatic N) is 1. The summed E-state index contributed by atoms with van der Waals surface area (Å²) in [6.07, 6.45) is 1.70. The highest BCUT2D eigenvalue weighted by molar-refractivity contribution is 7.89. The number of sulfonamides is 1. The molecule has 0 bridgehead atoms. The highest BCUT2D eigenvalue weighted by Crippen LogP contribution is 2.25. The molecule has 1 heterocycles. The third kappa shape index (κ3) is 3.09. The van der Waals surface area contributed by atoms with Crippen LogP contribution in [0.25, 0.3) is 0 Å². The number of nitrogens with one attached hydrogen (secondary N) is 1. The Balaban J connectivity index is 2.24. The first-order chi connectivity index (χ1) is 9.29. The van der Waals surface area contributed by atoms with Gasteiger partial charge in [-0.25, -0.2) is 18.1 Å². The van der Waals surface area contributed by atoms with Gasteiger partial charge in [-0.15, -0.1) is 11.3 Å². The van der Waals surface area contributed by atoms with Crippen LogP contribution in [-0.2, 0) is 10.0 Å². The molecule has 0 aliphatic heterocycles. The third-order valence-corrected chi connectivity index (χ3v) is 5.28. The van der Waals surface area contributed by atoms with Crippen LogP contribution in [0.2, 0.25) is 0 Å². The Morgan fingerprint density at radius 1 is 1.45 bits per heavy atom. The van der Waals surface area contributed by atoms with E-state index in [1.54, 1.807) is 13.1 Å². The van der Waals surface area contributed by atoms with Crippen LogP contribution in [0.15, 0.2) is 29.3 Å². The summed E-state index contributed by atoms with van der Waals surface area (Å²) in [5, 5.41) is 10.0. The number of benzene rings is 1. The highest BCUT2D eigenvalue weighted by Gasteiger charge is 2.20. The molecule has 2 rings (SSSR count). The summed E-state index contributed by atoms with van der Waals surface area (Å²) >= 11 is 1.43. The zero-order chi connectivity index (χ0) is 14.9. The van der Waals surface area contributed by atoms with E-state index in [-0.39, 0.29) is 16.3 Å². The Labute approximate surface area is 121 Å². The molecule has 0 saturated carbocycles. The lowest BCUT2D eigenvalue weighted by atomic mass is 10.3. The first-order valence-electron chi connectivity index (χ1n) is 5.83. The number of hydrogen-bond acceptors (Lipinski definition) is 6. The molecule has 0 aliphatic carbocycles. The van der Waals surface area contributed by atoms with Crippen molar-refractivity contribution in [1.29, 1.82) is 0 Å². The summed E-state index contributed by atoms with van der Waals surface area (Å²) in [6, 6.07) is 3.33. The summed E-state index contributed by atoms with van der Waals surface area (Å²) in [4.78, 5) is 5.17. The Kier molecular flexibility index (Phi) is 3.98. The number of phenolic OH excluding ortho intramolecular Hbond substituents is 1. The van der Waals surface area contributed by atoms with Crippen molar-refractivity contribution < 1.29 is 13.5 Å². The second-order valence-corrected chi connectivity index (χ2v) is 7.35. The minimum atomic E-state index is -3.71. The van der Waals surface area contributed by atoms with E-state index in [0.717, 1.165) is 4.88 Å². The predicted molar refractivity (Wildman–Crippen MR) is 78.1 cm³/mol. The molecule has 8 heteroatoms. The van der Waals surface area contributed by atoms with Gasteiger partial charge in [0, 0.05) is 11.1 Å². The zero-order valence-corrected chi connectivity index (χ0v) is 12.6. The van der Waals surface area contributed by atoms with Gasteiger partial charge in [0.05, 0.1) is 16.6 Å². The molecule has 0 radical (unpaired) electrons. The Hall–Kier alpha value is -1.64. The number of thiazole rings is 1. The lowest BCUT2D eigenvalue weighted by Gasteiger charge is -2.12. The van der Waals surface area contributed by atoms with Crippen LogP contribution in [0.5, 0.6) is 5.75 Å². The van der Waals surface area contributed by atoms with Gasteiger partial charge in [0.2, 0.25) is 10.0 Å². The molecule has 0 aliphatic rings. The number of rotatable bonds is 4. The van der Waals surface area contributed by atoms with E-state index in [1.807, 2.05) is 6.92 Å². The lowest BCUT2D eigenvalue weighted by Crippen LogP contribution is -2.26. The van der Waals surface area contributed by atoms with Gasteiger partial charge in [-0.3, -0.25) is 0 Å². The Bertz CT molecular complexity index is 725. The fourth-order valence-electron chi connectivity index (χ4n) is 1.62. The van der Waals surface area contributed by atoms with E-state index in [2.05, 4.69) is 9.71 Å². The van der Waals surface area contributed by atoms with Crippen molar-refractivity contribution in [3.8, 4) is 5.75 Å². The first-order valence-corrected chi connectivity index (χ1v) is 8.12. The van der Waals surface area contributed by atoms with Crippen molar-refractivity contribution in [1.82, 2.24) is 9.71 Å². The van der Waals surface area contributed by atoms with E-state index < -0.39 is 16.1 Å². The Morgan fingerprint density at radius 3 is 2.70 bits per heavy atom. The summed E-state index contributed by atoms with van der Waals surface area (Å²) < 4.78 is 27.0. The number of aromatic nitrogens is 1. The van der Waals surface area contributed by atoms with E-state index in [9.17, 15) is 13.5 Å². The SMILES string of the molecule is Cc1cnc(C(C)NS(=O)(=O)c2ccc(O)c(N)c2)s1. The maximum absolute atomic E-state index is 12.2. The van der Waals surface area contributed by atoms with E-state index in [1.165, 1.54) is 29.5 Å². The fraction of sp³-hybridized carbons (Fsp3) is 0.250. The molecule has 1 atom stereocenters. The van der Waals surface area contributed by atoms with Gasteiger partial charge in [0.25, 0.3) is 0 Å². The predicted octanol–water partition coefficient (Wildman–Crippen LogP) is 1.78. The van der Waals surface area contributed by atoms with Crippen LogP contribution < -0.4 is 10.5 Å². The number of aromatic hydroxyl groups is 1. The van der Waals surface area contributed by atoms with Gasteiger partial charge in [-0.2, -0.15) is 0 Å². The van der Waals surface area contributed by atoms with Crippen molar-refractivity contribution in [2.45, 2.75) is 24.8 Å². The largest absolute Gasteiger partial charge is 0.506 e. The van der Waals surface area contributed by atoms with Crippen LogP contribution in [0, 0.1) is 6.92 Å². The van der Waals surface area contributed by atoms with Crippen LogP contribution in [0.3, 0.4) is 0 Å². The van der Waals surface area contributed by atoms with Crippen LogP contribution >= 0.6 is 11.3 Å². The molecule has 1 unspecified atom stereocenters. The van der Waals surface area contributed by atoms with Crippen molar-refractivity contribution >= 4 is 27.0 Å². The van der Waals surface area contributed by atoms with Gasteiger partial charge in [-0.1, -0.05) is 0 Å². The molecule has 0 fully saturated rings. The van der Waals surface area contributed by atoms with Crippen LogP contribution in [-0.4, -0.2) is 18.5 Å². The molecule has 6 nitrogen and oxygen atoms in total. The van der Waals surface area contributed by atoms with Gasteiger partial charge >= 0.3 is 0 Å². The van der Waals surface area contributed by atoms with Gasteiger partial charge in [0.15, 0.2) is 0 Å². The average Bonchev–Trinajstić information content (AvgIpc) is 2.79. The van der Waals surface area contributed by atoms with Crippen LogP contribution in [0.4, 0.5) is 5.69 Å². The molecule has 0 spiro atoms. The summed E-state index contributed by atoms with van der Waals surface area (Å²) in [5.74, 6) is -0.146. The van der Waals surface area contributed by atoms with Crippen molar-refractivity contribution in [2.24, 2.45) is 0 Å². The molecule has 1 aromatic carbocycles. The summed E-state index contributed by atoms with van der Waals surface area (Å²) in [6.45, 7) is 3.63. The van der Waals surface area contributed by atoms with E-state index in [0.29, 0.717) is 5.01 Å². The maximum Gasteiger partial charge on any atom is 0.241 e. The van der Waals surface area contributed by atoms with Gasteiger partial charge in [0.1, 0.15) is 10.8 Å². The Morgan fingerprint density at radius 2 is 2.15 bits per heavy atom. The minimum Gasteiger partial charge on any atom is -0.506 e. The number of aryl methyl sites for hydroxylation is 1. The quantitative estimate of drug-likeness (QED) is 0.589. The molecule has 108 valence electrons. The molecule has 4 N–H and O–H groups in total. The number of hydrogen-bond donors (Lipinski definition) is 3. The molecule has 1 aromatic heterocycles. The van der Waals surface area contributed by atoms with E-state index >= 15 is 0 Å². The summed E-state index contributed by atoms with van der Waals surface area (Å²) in [7, 11) is -3.71. The molecule has 2 aromatic rings. The van der Waals surface area contributed by atoms with Crippen molar-refractivity contribution in [2.75, 3.05) is 5.73 Å². The van der Waals surface area contributed by atoms with E-state index in [4.69, 9.17) is 5.73 Å². The number of nitrogens with two attached hydrogens (primary N) is 1. The number of phenols is 1. The molecule has 0 saturated heterocycles. The van der Waals surface area contributed by atoms with Crippen LogP contribution in [0.1, 0.15) is 22.9 Å². The number of anilines is 1. The average molecular weight is 313 g/mol. The normalized spacial score (nSPS) is 13.3.